The fourth-order valence-electron chi connectivity index (χ4n) is 3.93. The first kappa shape index (κ1) is 19.1. The van der Waals surface area contributed by atoms with E-state index >= 15 is 0 Å². The molecule has 0 saturated carbocycles. The van der Waals surface area contributed by atoms with Crippen LogP contribution in [0.1, 0.15) is 35.6 Å². The Morgan fingerprint density at radius 2 is 1.76 bits per heavy atom. The van der Waals surface area contributed by atoms with E-state index in [9.17, 15) is 13.6 Å². The van der Waals surface area contributed by atoms with Gasteiger partial charge in [0.15, 0.2) is 0 Å². The summed E-state index contributed by atoms with van der Waals surface area (Å²) < 4.78 is 27.3. The Morgan fingerprint density at radius 3 is 2.55 bits per heavy atom. The van der Waals surface area contributed by atoms with Gasteiger partial charge in [-0.15, -0.1) is 0 Å². The van der Waals surface area contributed by atoms with Crippen LogP contribution in [0.4, 0.5) is 19.3 Å². The number of halogens is 2. The van der Waals surface area contributed by atoms with Gasteiger partial charge in [0.05, 0.1) is 11.7 Å². The van der Waals surface area contributed by atoms with Crippen molar-refractivity contribution in [2.75, 3.05) is 5.32 Å². The second kappa shape index (κ2) is 8.43. The maximum absolute atomic E-state index is 14.1. The van der Waals surface area contributed by atoms with Crippen LogP contribution in [0.25, 0.3) is 0 Å². The number of carbonyl (C=O) groups excluding carboxylic acids is 1. The molecule has 2 amide bonds. The highest BCUT2D eigenvalue weighted by molar-refractivity contribution is 5.89. The summed E-state index contributed by atoms with van der Waals surface area (Å²) in [6.45, 7) is 0.397. The predicted molar refractivity (Wildman–Crippen MR) is 109 cm³/mol. The molecule has 0 aliphatic heterocycles. The smallest absolute Gasteiger partial charge is 0.313 e. The molecule has 0 saturated heterocycles. The molecule has 1 atom stereocenters. The second-order valence-electron chi connectivity index (χ2n) is 7.27. The molecule has 0 spiro atoms. The number of nitrogens with zero attached hydrogens (tertiary/aromatic N) is 1. The molecular weight excluding hydrogens is 370 g/mol. The Balaban J connectivity index is 1.66. The van der Waals surface area contributed by atoms with E-state index in [-0.39, 0.29) is 11.7 Å². The lowest BCUT2D eigenvalue weighted by Crippen LogP contribution is -2.39. The Bertz CT molecular complexity index is 1010. The van der Waals surface area contributed by atoms with Crippen LogP contribution in [0.2, 0.25) is 0 Å². The highest BCUT2D eigenvalue weighted by atomic mass is 19.1. The van der Waals surface area contributed by atoms with Crippen molar-refractivity contribution in [3.05, 3.63) is 101 Å². The Labute approximate surface area is 169 Å². The van der Waals surface area contributed by atoms with Crippen molar-refractivity contribution in [3.8, 4) is 0 Å². The summed E-state index contributed by atoms with van der Waals surface area (Å²) in [5.41, 5.74) is 3.33. The van der Waals surface area contributed by atoms with Crippen LogP contribution in [0.3, 0.4) is 0 Å². The van der Waals surface area contributed by atoms with Gasteiger partial charge in [-0.3, -0.25) is 0 Å². The number of hydrogen-bond donors (Lipinski definition) is 1. The van der Waals surface area contributed by atoms with Crippen LogP contribution in [-0.2, 0) is 13.0 Å². The van der Waals surface area contributed by atoms with E-state index in [4.69, 9.17) is 0 Å². The summed E-state index contributed by atoms with van der Waals surface area (Å²) in [6.07, 6.45) is 2.80. The van der Waals surface area contributed by atoms with E-state index in [1.54, 1.807) is 4.90 Å². The molecule has 0 heterocycles. The number of anilines is 1. The lowest BCUT2D eigenvalue weighted by atomic mass is 9.86. The van der Waals surface area contributed by atoms with Crippen molar-refractivity contribution < 1.29 is 13.6 Å². The van der Waals surface area contributed by atoms with Gasteiger partial charge in [-0.25, -0.2) is 13.6 Å². The molecule has 1 aliphatic rings. The number of rotatable bonds is 4. The van der Waals surface area contributed by atoms with Gasteiger partial charge < -0.3 is 10.2 Å². The third-order valence-electron chi connectivity index (χ3n) is 5.34. The topological polar surface area (TPSA) is 32.3 Å². The van der Waals surface area contributed by atoms with Gasteiger partial charge in [0.2, 0.25) is 0 Å². The fourth-order valence-corrected chi connectivity index (χ4v) is 3.93. The summed E-state index contributed by atoms with van der Waals surface area (Å²) in [5, 5.41) is 2.63. The number of amides is 2. The molecule has 3 aromatic rings. The molecule has 5 heteroatoms. The highest BCUT2D eigenvalue weighted by Crippen LogP contribution is 2.35. The molecule has 3 aromatic carbocycles. The lowest BCUT2D eigenvalue weighted by molar-refractivity contribution is 0.175. The largest absolute Gasteiger partial charge is 0.322 e. The average molecular weight is 392 g/mol. The monoisotopic (exact) mass is 392 g/mol. The highest BCUT2D eigenvalue weighted by Gasteiger charge is 2.29. The zero-order valence-corrected chi connectivity index (χ0v) is 15.9. The number of hydrogen-bond acceptors (Lipinski definition) is 1. The molecule has 29 heavy (non-hydrogen) atoms. The lowest BCUT2D eigenvalue weighted by Gasteiger charge is -2.36. The van der Waals surface area contributed by atoms with Crippen molar-refractivity contribution >= 4 is 11.7 Å². The number of fused-ring (bicyclic) bond motifs is 1. The van der Waals surface area contributed by atoms with Crippen LogP contribution in [0, 0.1) is 11.6 Å². The molecule has 1 aliphatic carbocycles. The van der Waals surface area contributed by atoms with Gasteiger partial charge in [-0.2, -0.15) is 0 Å². The molecule has 0 bridgehead atoms. The van der Waals surface area contributed by atoms with Gasteiger partial charge in [0.25, 0.3) is 0 Å². The van der Waals surface area contributed by atoms with E-state index < -0.39 is 17.7 Å². The van der Waals surface area contributed by atoms with Crippen LogP contribution >= 0.6 is 0 Å². The molecular formula is C24H22F2N2O. The molecule has 0 radical (unpaired) electrons. The van der Waals surface area contributed by atoms with Crippen molar-refractivity contribution in [2.24, 2.45) is 0 Å². The number of benzene rings is 3. The van der Waals surface area contributed by atoms with Gasteiger partial charge in [-0.05, 0) is 48.1 Å². The summed E-state index contributed by atoms with van der Waals surface area (Å²) >= 11 is 0. The van der Waals surface area contributed by atoms with Crippen LogP contribution in [0.5, 0.6) is 0 Å². The normalized spacial score (nSPS) is 15.4. The number of aryl methyl sites for hydroxylation is 1. The van der Waals surface area contributed by atoms with Gasteiger partial charge >= 0.3 is 6.03 Å². The van der Waals surface area contributed by atoms with Crippen LogP contribution in [-0.4, -0.2) is 10.9 Å². The second-order valence-corrected chi connectivity index (χ2v) is 7.27. The zero-order valence-electron chi connectivity index (χ0n) is 15.9. The summed E-state index contributed by atoms with van der Waals surface area (Å²) in [5.74, 6) is -1.47. The van der Waals surface area contributed by atoms with Gasteiger partial charge in [0.1, 0.15) is 11.6 Å². The molecule has 4 rings (SSSR count). The van der Waals surface area contributed by atoms with E-state index in [1.165, 1.54) is 11.6 Å². The van der Waals surface area contributed by atoms with Crippen molar-refractivity contribution in [1.82, 2.24) is 4.90 Å². The van der Waals surface area contributed by atoms with E-state index in [2.05, 4.69) is 17.4 Å². The van der Waals surface area contributed by atoms with Crippen LogP contribution < -0.4 is 5.32 Å². The predicted octanol–water partition coefficient (Wildman–Crippen LogP) is 6.08. The molecule has 0 aromatic heterocycles. The molecule has 0 fully saturated rings. The number of carbonyl (C=O) groups is 1. The van der Waals surface area contributed by atoms with Crippen molar-refractivity contribution in [2.45, 2.75) is 31.8 Å². The first-order valence-electron chi connectivity index (χ1n) is 9.76. The summed E-state index contributed by atoms with van der Waals surface area (Å²) in [7, 11) is 0. The minimum absolute atomic E-state index is 0.0291. The first-order valence-corrected chi connectivity index (χ1v) is 9.76. The third kappa shape index (κ3) is 4.29. The third-order valence-corrected chi connectivity index (χ3v) is 5.34. The molecule has 1 N–H and O–H groups in total. The minimum atomic E-state index is -0.790. The average Bonchev–Trinajstić information content (AvgIpc) is 2.74. The molecule has 1 unspecified atom stereocenters. The summed E-state index contributed by atoms with van der Waals surface area (Å²) in [6, 6.07) is 20.5. The summed E-state index contributed by atoms with van der Waals surface area (Å²) in [4.78, 5) is 15.0. The molecule has 3 nitrogen and oxygen atoms in total. The number of nitrogens with one attached hydrogen (secondary N) is 1. The number of urea groups is 1. The van der Waals surface area contributed by atoms with Crippen molar-refractivity contribution in [1.29, 1.82) is 0 Å². The first-order chi connectivity index (χ1) is 14.1. The zero-order chi connectivity index (χ0) is 20.2. The van der Waals surface area contributed by atoms with E-state index in [0.29, 0.717) is 6.54 Å². The quantitative estimate of drug-likeness (QED) is 0.574. The maximum Gasteiger partial charge on any atom is 0.322 e. The van der Waals surface area contributed by atoms with E-state index in [1.807, 2.05) is 42.5 Å². The maximum atomic E-state index is 14.1. The van der Waals surface area contributed by atoms with Gasteiger partial charge in [-0.1, -0.05) is 54.6 Å². The Hall–Kier alpha value is -3.21. The minimum Gasteiger partial charge on any atom is -0.313 e. The standard InChI is InChI=1S/C24H22F2N2O/c25-19-13-14-22(21(26)15-19)27-24(29)28(16-17-7-2-1-3-8-17)23-12-6-10-18-9-4-5-11-20(18)23/h1-5,7-9,11,13-15,23H,6,10,12,16H2,(H,27,29). The Kier molecular flexibility index (Phi) is 5.56. The SMILES string of the molecule is O=C(Nc1ccc(F)cc1F)N(Cc1ccccc1)C1CCCc2ccccc21. The van der Waals surface area contributed by atoms with E-state index in [0.717, 1.165) is 42.5 Å². The molecule has 148 valence electrons. The Morgan fingerprint density at radius 1 is 1.00 bits per heavy atom. The van der Waals surface area contributed by atoms with Crippen LogP contribution in [0.15, 0.2) is 72.8 Å². The fraction of sp³-hybridized carbons (Fsp3) is 0.208. The van der Waals surface area contributed by atoms with Crippen molar-refractivity contribution in [3.63, 3.8) is 0 Å². The van der Waals surface area contributed by atoms with Gasteiger partial charge in [0, 0.05) is 12.6 Å².